The molecule has 2 amide bonds. The molecule has 0 aromatic carbocycles. The number of piperazine rings is 1. The number of nitrogens with zero attached hydrogens (tertiary/aromatic N) is 1. The number of hydrogen-bond acceptors (Lipinski definition) is 4. The molecule has 2 heterocycles. The molecule has 0 bridgehead atoms. The van der Waals surface area contributed by atoms with Crippen LogP contribution in [0.3, 0.4) is 0 Å². The van der Waals surface area contributed by atoms with Crippen LogP contribution in [0.4, 0.5) is 0 Å². The van der Waals surface area contributed by atoms with Gasteiger partial charge in [-0.2, -0.15) is 0 Å². The van der Waals surface area contributed by atoms with Crippen LogP contribution < -0.4 is 11.1 Å². The summed E-state index contributed by atoms with van der Waals surface area (Å²) in [6.07, 6.45) is 0.485. The van der Waals surface area contributed by atoms with Crippen LogP contribution in [0.2, 0.25) is 0 Å². The Hall–Kier alpha value is -1.14. The number of carbonyl (C=O) groups excluding carboxylic acids is 2. The van der Waals surface area contributed by atoms with Crippen LogP contribution in [0, 0.1) is 5.92 Å². The number of hydrogen-bond donors (Lipinski definition) is 2. The van der Waals surface area contributed by atoms with Crippen LogP contribution in [0.25, 0.3) is 0 Å². The average Bonchev–Trinajstić information content (AvgIpc) is 2.74. The van der Waals surface area contributed by atoms with Crippen LogP contribution in [-0.2, 0) is 14.3 Å². The van der Waals surface area contributed by atoms with Gasteiger partial charge in [-0.05, 0) is 12.3 Å². The van der Waals surface area contributed by atoms with Gasteiger partial charge in [0, 0.05) is 26.2 Å². The van der Waals surface area contributed by atoms with Gasteiger partial charge in [-0.3, -0.25) is 9.59 Å². The van der Waals surface area contributed by atoms with Crippen LogP contribution in [-0.4, -0.2) is 55.1 Å². The summed E-state index contributed by atoms with van der Waals surface area (Å²) in [6.45, 7) is 4.25. The number of rotatable bonds is 2. The van der Waals surface area contributed by atoms with E-state index in [9.17, 15) is 9.59 Å². The molecule has 2 rings (SSSR count). The summed E-state index contributed by atoms with van der Waals surface area (Å²) in [6, 6.07) is -0.548. The first-order chi connectivity index (χ1) is 8.11. The van der Waals surface area contributed by atoms with E-state index in [0.717, 1.165) is 6.42 Å². The number of ether oxygens (including phenoxy) is 1. The molecule has 0 aliphatic carbocycles. The summed E-state index contributed by atoms with van der Waals surface area (Å²) in [4.78, 5) is 25.2. The molecule has 3 N–H and O–H groups in total. The second-order valence-corrected chi connectivity index (χ2v) is 4.71. The smallest absolute Gasteiger partial charge is 0.252 e. The standard InChI is InChI=1S/C11H19N3O3/c1-7-2-5-17-9(7)11(16)14-4-3-13-6-8(14)10(12)15/h7-9,13H,2-6H2,1H3,(H2,12,15). The van der Waals surface area contributed by atoms with Gasteiger partial charge in [0.1, 0.15) is 12.1 Å². The predicted octanol–water partition coefficient (Wildman–Crippen LogP) is -1.30. The molecule has 0 aromatic heterocycles. The van der Waals surface area contributed by atoms with Crippen molar-refractivity contribution in [2.45, 2.75) is 25.5 Å². The quantitative estimate of drug-likeness (QED) is 0.629. The first-order valence-corrected chi connectivity index (χ1v) is 6.03. The van der Waals surface area contributed by atoms with Crippen molar-refractivity contribution in [1.29, 1.82) is 0 Å². The molecular weight excluding hydrogens is 222 g/mol. The van der Waals surface area contributed by atoms with Crippen molar-refractivity contribution in [3.05, 3.63) is 0 Å². The Morgan fingerprint density at radius 1 is 1.47 bits per heavy atom. The molecule has 6 nitrogen and oxygen atoms in total. The Labute approximate surface area is 100 Å². The highest BCUT2D eigenvalue weighted by atomic mass is 16.5. The largest absolute Gasteiger partial charge is 0.368 e. The lowest BCUT2D eigenvalue weighted by Gasteiger charge is -2.36. The minimum atomic E-state index is -0.548. The lowest BCUT2D eigenvalue weighted by atomic mass is 10.0. The second kappa shape index (κ2) is 5.01. The predicted molar refractivity (Wildman–Crippen MR) is 61.1 cm³/mol. The van der Waals surface area contributed by atoms with E-state index >= 15 is 0 Å². The van der Waals surface area contributed by atoms with Crippen molar-refractivity contribution in [1.82, 2.24) is 10.2 Å². The third kappa shape index (κ3) is 2.42. The highest BCUT2D eigenvalue weighted by Gasteiger charge is 2.39. The van der Waals surface area contributed by atoms with Gasteiger partial charge < -0.3 is 20.7 Å². The molecule has 2 aliphatic rings. The average molecular weight is 241 g/mol. The van der Waals surface area contributed by atoms with E-state index in [4.69, 9.17) is 10.5 Å². The molecule has 96 valence electrons. The third-order valence-electron chi connectivity index (χ3n) is 3.49. The molecule has 2 aliphatic heterocycles. The second-order valence-electron chi connectivity index (χ2n) is 4.71. The molecule has 0 aromatic rings. The van der Waals surface area contributed by atoms with Gasteiger partial charge in [0.25, 0.3) is 5.91 Å². The summed E-state index contributed by atoms with van der Waals surface area (Å²) in [5, 5.41) is 3.07. The van der Waals surface area contributed by atoms with Crippen LogP contribution >= 0.6 is 0 Å². The van der Waals surface area contributed by atoms with Crippen molar-refractivity contribution >= 4 is 11.8 Å². The van der Waals surface area contributed by atoms with Crippen LogP contribution in [0.5, 0.6) is 0 Å². The molecule has 2 fully saturated rings. The summed E-state index contributed by atoms with van der Waals surface area (Å²) in [5.41, 5.74) is 5.32. The van der Waals surface area contributed by atoms with E-state index in [1.807, 2.05) is 6.92 Å². The maximum absolute atomic E-state index is 12.3. The molecule has 0 saturated carbocycles. The normalized spacial score (nSPS) is 33.7. The van der Waals surface area contributed by atoms with Gasteiger partial charge in [0.05, 0.1) is 0 Å². The third-order valence-corrected chi connectivity index (χ3v) is 3.49. The maximum atomic E-state index is 12.3. The molecule has 0 spiro atoms. The fourth-order valence-corrected chi connectivity index (χ4v) is 2.40. The zero-order valence-corrected chi connectivity index (χ0v) is 10.0. The van der Waals surface area contributed by atoms with Crippen molar-refractivity contribution in [3.63, 3.8) is 0 Å². The molecule has 2 saturated heterocycles. The summed E-state index contributed by atoms with van der Waals surface area (Å²) in [7, 11) is 0. The highest BCUT2D eigenvalue weighted by molar-refractivity contribution is 5.89. The van der Waals surface area contributed by atoms with E-state index < -0.39 is 18.1 Å². The topological polar surface area (TPSA) is 84.7 Å². The van der Waals surface area contributed by atoms with E-state index in [1.54, 1.807) is 4.90 Å². The van der Waals surface area contributed by atoms with E-state index in [1.165, 1.54) is 0 Å². The Kier molecular flexibility index (Phi) is 3.63. The zero-order valence-electron chi connectivity index (χ0n) is 10.0. The number of nitrogens with two attached hydrogens (primary N) is 1. The van der Waals surface area contributed by atoms with Crippen molar-refractivity contribution in [3.8, 4) is 0 Å². The van der Waals surface area contributed by atoms with E-state index in [0.29, 0.717) is 26.2 Å². The van der Waals surface area contributed by atoms with Crippen molar-refractivity contribution in [2.75, 3.05) is 26.2 Å². The number of primary amides is 1. The van der Waals surface area contributed by atoms with Gasteiger partial charge in [-0.1, -0.05) is 6.92 Å². The molecule has 6 heteroatoms. The van der Waals surface area contributed by atoms with Gasteiger partial charge >= 0.3 is 0 Å². The molecule has 17 heavy (non-hydrogen) atoms. The van der Waals surface area contributed by atoms with E-state index in [-0.39, 0.29) is 11.8 Å². The van der Waals surface area contributed by atoms with Gasteiger partial charge in [-0.15, -0.1) is 0 Å². The first kappa shape index (κ1) is 12.3. The maximum Gasteiger partial charge on any atom is 0.252 e. The fraction of sp³-hybridized carbons (Fsp3) is 0.818. The minimum absolute atomic E-state index is 0.0969. The summed E-state index contributed by atoms with van der Waals surface area (Å²) in [5.74, 6) is -0.345. The van der Waals surface area contributed by atoms with Gasteiger partial charge in [0.2, 0.25) is 5.91 Å². The van der Waals surface area contributed by atoms with Crippen molar-refractivity contribution < 1.29 is 14.3 Å². The molecule has 3 unspecified atom stereocenters. The van der Waals surface area contributed by atoms with Crippen LogP contribution in [0.15, 0.2) is 0 Å². The Bertz CT molecular complexity index is 321. The highest BCUT2D eigenvalue weighted by Crippen LogP contribution is 2.23. The fourth-order valence-electron chi connectivity index (χ4n) is 2.40. The summed E-state index contributed by atoms with van der Waals surface area (Å²) >= 11 is 0. The Morgan fingerprint density at radius 2 is 2.24 bits per heavy atom. The van der Waals surface area contributed by atoms with Gasteiger partial charge in [0.15, 0.2) is 0 Å². The summed E-state index contributed by atoms with van der Waals surface area (Å²) < 4.78 is 5.44. The van der Waals surface area contributed by atoms with Crippen molar-refractivity contribution in [2.24, 2.45) is 11.7 Å². The number of nitrogens with one attached hydrogen (secondary N) is 1. The lowest BCUT2D eigenvalue weighted by molar-refractivity contribution is -0.149. The minimum Gasteiger partial charge on any atom is -0.368 e. The molecule has 0 radical (unpaired) electrons. The molecule has 3 atom stereocenters. The Morgan fingerprint density at radius 3 is 2.82 bits per heavy atom. The zero-order chi connectivity index (χ0) is 12.4. The first-order valence-electron chi connectivity index (χ1n) is 6.03. The Balaban J connectivity index is 2.08. The molecular formula is C11H19N3O3. The van der Waals surface area contributed by atoms with Gasteiger partial charge in [-0.25, -0.2) is 0 Å². The van der Waals surface area contributed by atoms with Crippen LogP contribution in [0.1, 0.15) is 13.3 Å². The number of carbonyl (C=O) groups is 2. The lowest BCUT2D eigenvalue weighted by Crippen LogP contribution is -2.60. The van der Waals surface area contributed by atoms with E-state index in [2.05, 4.69) is 5.32 Å². The monoisotopic (exact) mass is 241 g/mol. The SMILES string of the molecule is CC1CCOC1C(=O)N1CCNCC1C(N)=O. The number of amides is 2.